The minimum atomic E-state index is 0.142. The van der Waals surface area contributed by atoms with Gasteiger partial charge in [0.2, 0.25) is 0 Å². The van der Waals surface area contributed by atoms with Gasteiger partial charge < -0.3 is 0 Å². The Bertz CT molecular complexity index is 783. The molecular weight excluding hydrogens is 312 g/mol. The van der Waals surface area contributed by atoms with Crippen molar-refractivity contribution in [2.24, 2.45) is 25.4 Å². The monoisotopic (exact) mass is 338 g/mol. The summed E-state index contributed by atoms with van der Waals surface area (Å²) in [5.74, 6) is 0.573. The molecule has 5 heteroatoms. The van der Waals surface area contributed by atoms with Crippen LogP contribution < -0.4 is 0 Å². The zero-order valence-electron chi connectivity index (χ0n) is 15.7. The molecule has 1 fully saturated rings. The van der Waals surface area contributed by atoms with E-state index in [0.717, 1.165) is 35.1 Å². The first-order valence-electron chi connectivity index (χ1n) is 8.65. The molecule has 0 radical (unpaired) electrons. The van der Waals surface area contributed by atoms with Crippen molar-refractivity contribution in [1.82, 2.24) is 19.6 Å². The fourth-order valence-corrected chi connectivity index (χ4v) is 3.29. The highest BCUT2D eigenvalue weighted by atomic mass is 16.1. The van der Waals surface area contributed by atoms with Crippen LogP contribution in [0.15, 0.2) is 35.9 Å². The lowest BCUT2D eigenvalue weighted by Crippen LogP contribution is -2.29. The van der Waals surface area contributed by atoms with Gasteiger partial charge in [-0.05, 0) is 36.3 Å². The number of aryl methyl sites for hydroxylation is 2. The Kier molecular flexibility index (Phi) is 4.50. The maximum Gasteiger partial charge on any atom is 0.185 e. The van der Waals surface area contributed by atoms with Crippen LogP contribution in [0.3, 0.4) is 0 Å². The zero-order chi connectivity index (χ0) is 18.2. The lowest BCUT2D eigenvalue weighted by atomic mass is 9.68. The van der Waals surface area contributed by atoms with Crippen molar-refractivity contribution in [1.29, 1.82) is 0 Å². The number of carbonyl (C=O) groups excluding carboxylic acids is 1. The molecule has 0 unspecified atom stereocenters. The Hall–Kier alpha value is -2.43. The van der Waals surface area contributed by atoms with E-state index in [9.17, 15) is 4.79 Å². The Morgan fingerprint density at radius 1 is 0.960 bits per heavy atom. The molecule has 0 N–H and O–H groups in total. The molecule has 0 amide bonds. The average molecular weight is 338 g/mol. The smallest absolute Gasteiger partial charge is 0.185 e. The van der Waals surface area contributed by atoms with E-state index in [-0.39, 0.29) is 11.2 Å². The topological polar surface area (TPSA) is 52.7 Å². The van der Waals surface area contributed by atoms with E-state index in [1.807, 2.05) is 38.6 Å². The van der Waals surface area contributed by atoms with E-state index < -0.39 is 0 Å². The van der Waals surface area contributed by atoms with Crippen LogP contribution in [0.1, 0.15) is 44.7 Å². The summed E-state index contributed by atoms with van der Waals surface area (Å²) in [6.45, 7) is 6.74. The number of nitrogens with zero attached hydrogens (tertiary/aromatic N) is 4. The molecule has 2 heterocycles. The summed E-state index contributed by atoms with van der Waals surface area (Å²) < 4.78 is 3.51. The second-order valence-electron chi connectivity index (χ2n) is 8.03. The second kappa shape index (κ2) is 6.47. The normalized spacial score (nSPS) is 22.1. The predicted octanol–water partition coefficient (Wildman–Crippen LogP) is 3.65. The highest BCUT2D eigenvalue weighted by Crippen LogP contribution is 2.41. The van der Waals surface area contributed by atoms with Crippen LogP contribution in [-0.2, 0) is 18.9 Å². The molecule has 0 bridgehead atoms. The maximum absolute atomic E-state index is 13.0. The van der Waals surface area contributed by atoms with Crippen LogP contribution in [0.2, 0.25) is 0 Å². The highest BCUT2D eigenvalue weighted by Gasteiger charge is 2.34. The lowest BCUT2D eigenvalue weighted by Gasteiger charge is -2.35. The number of carbonyl (C=O) groups is 1. The van der Waals surface area contributed by atoms with E-state index in [2.05, 4.69) is 31.0 Å². The van der Waals surface area contributed by atoms with Crippen molar-refractivity contribution in [2.45, 2.75) is 33.6 Å². The summed E-state index contributed by atoms with van der Waals surface area (Å²) in [5, 5.41) is 8.40. The Morgan fingerprint density at radius 3 is 1.72 bits per heavy atom. The van der Waals surface area contributed by atoms with Gasteiger partial charge in [-0.2, -0.15) is 10.2 Å². The maximum atomic E-state index is 13.0. The summed E-state index contributed by atoms with van der Waals surface area (Å²) in [4.78, 5) is 13.0. The Labute approximate surface area is 149 Å². The van der Waals surface area contributed by atoms with Crippen LogP contribution in [0.25, 0.3) is 12.2 Å². The molecule has 5 nitrogen and oxygen atoms in total. The number of aromatic nitrogens is 4. The molecule has 132 valence electrons. The van der Waals surface area contributed by atoms with Gasteiger partial charge in [0.05, 0.1) is 12.4 Å². The van der Waals surface area contributed by atoms with Crippen molar-refractivity contribution in [3.8, 4) is 0 Å². The predicted molar refractivity (Wildman–Crippen MR) is 99.6 cm³/mol. The van der Waals surface area contributed by atoms with Gasteiger partial charge in [0.1, 0.15) is 0 Å². The molecule has 0 spiro atoms. The average Bonchev–Trinajstić information content (AvgIpc) is 3.10. The summed E-state index contributed by atoms with van der Waals surface area (Å²) >= 11 is 0. The fraction of sp³-hybridized carbons (Fsp3) is 0.450. The summed E-state index contributed by atoms with van der Waals surface area (Å²) in [5.41, 5.74) is 3.83. The quantitative estimate of drug-likeness (QED) is 0.786. The van der Waals surface area contributed by atoms with Gasteiger partial charge >= 0.3 is 0 Å². The van der Waals surface area contributed by atoms with Crippen molar-refractivity contribution >= 4 is 17.9 Å². The minimum Gasteiger partial charge on any atom is -0.289 e. The summed E-state index contributed by atoms with van der Waals surface area (Å²) in [6.07, 6.45) is 13.1. The van der Waals surface area contributed by atoms with Crippen molar-refractivity contribution in [3.05, 3.63) is 47.1 Å². The molecular formula is C20H26N4O. The molecule has 0 aliphatic heterocycles. The third kappa shape index (κ3) is 3.98. The number of hydrogen-bond acceptors (Lipinski definition) is 3. The van der Waals surface area contributed by atoms with Crippen LogP contribution in [0, 0.1) is 11.3 Å². The van der Waals surface area contributed by atoms with Crippen molar-refractivity contribution in [3.63, 3.8) is 0 Å². The molecule has 1 saturated carbocycles. The lowest BCUT2D eigenvalue weighted by molar-refractivity contribution is -0.113. The van der Waals surface area contributed by atoms with Crippen LogP contribution in [0.4, 0.5) is 0 Å². The van der Waals surface area contributed by atoms with Gasteiger partial charge in [0.25, 0.3) is 0 Å². The molecule has 0 aromatic carbocycles. The van der Waals surface area contributed by atoms with E-state index in [4.69, 9.17) is 0 Å². The van der Waals surface area contributed by atoms with Crippen LogP contribution in [-0.4, -0.2) is 25.3 Å². The van der Waals surface area contributed by atoms with Gasteiger partial charge in [-0.1, -0.05) is 20.8 Å². The molecule has 0 saturated heterocycles. The highest BCUT2D eigenvalue weighted by molar-refractivity contribution is 6.14. The van der Waals surface area contributed by atoms with Crippen LogP contribution in [0.5, 0.6) is 0 Å². The number of allylic oxidation sites excluding steroid dienone is 2. The van der Waals surface area contributed by atoms with Gasteiger partial charge in [-0.25, -0.2) is 0 Å². The first-order valence-corrected chi connectivity index (χ1v) is 8.65. The summed E-state index contributed by atoms with van der Waals surface area (Å²) in [6, 6.07) is 0. The Morgan fingerprint density at radius 2 is 1.40 bits per heavy atom. The molecule has 2 aromatic heterocycles. The van der Waals surface area contributed by atoms with Crippen molar-refractivity contribution < 1.29 is 4.79 Å². The molecule has 2 aromatic rings. The number of rotatable bonds is 2. The first kappa shape index (κ1) is 17.4. The van der Waals surface area contributed by atoms with Crippen molar-refractivity contribution in [2.75, 3.05) is 0 Å². The zero-order valence-corrected chi connectivity index (χ0v) is 15.7. The van der Waals surface area contributed by atoms with Crippen LogP contribution >= 0.6 is 0 Å². The SMILES string of the molecule is Cn1cc(/C=C2\CC(C(C)(C)C)C/C(=C\c3cnn(C)c3)C2=O)cn1. The van der Waals surface area contributed by atoms with E-state index >= 15 is 0 Å². The second-order valence-corrected chi connectivity index (χ2v) is 8.03. The van der Waals surface area contributed by atoms with E-state index in [1.165, 1.54) is 0 Å². The Balaban J connectivity index is 1.99. The molecule has 0 atom stereocenters. The number of hydrogen-bond donors (Lipinski definition) is 0. The largest absolute Gasteiger partial charge is 0.289 e. The molecule has 25 heavy (non-hydrogen) atoms. The van der Waals surface area contributed by atoms with Gasteiger partial charge in [0.15, 0.2) is 5.78 Å². The van der Waals surface area contributed by atoms with E-state index in [0.29, 0.717) is 5.92 Å². The third-order valence-electron chi connectivity index (χ3n) is 4.87. The standard InChI is InChI=1S/C20H26N4O/c1-20(2,3)18-8-16(6-14-10-21-23(4)12-14)19(25)17(9-18)7-15-11-22-24(5)13-15/h6-7,10-13,18H,8-9H2,1-5H3/b16-6+,17-7+. The van der Waals surface area contributed by atoms with E-state index in [1.54, 1.807) is 21.8 Å². The van der Waals surface area contributed by atoms with Gasteiger partial charge in [-0.15, -0.1) is 0 Å². The third-order valence-corrected chi connectivity index (χ3v) is 4.87. The first-order chi connectivity index (χ1) is 11.7. The molecule has 1 aliphatic carbocycles. The minimum absolute atomic E-state index is 0.142. The van der Waals surface area contributed by atoms with Gasteiger partial charge in [0, 0.05) is 48.8 Å². The summed E-state index contributed by atoms with van der Waals surface area (Å²) in [7, 11) is 3.77. The van der Waals surface area contributed by atoms with Gasteiger partial charge in [-0.3, -0.25) is 14.2 Å². The number of Topliss-reactive ketones (excluding diaryl/α,β-unsaturated/α-hetero) is 1. The molecule has 3 rings (SSSR count). The molecule has 1 aliphatic rings. The number of ketones is 1. The fourth-order valence-electron chi connectivity index (χ4n) is 3.29.